The van der Waals surface area contributed by atoms with E-state index >= 15 is 0 Å². The minimum atomic E-state index is 0.506. The first-order valence-corrected chi connectivity index (χ1v) is 9.79. The summed E-state index contributed by atoms with van der Waals surface area (Å²) in [6.45, 7) is 0. The van der Waals surface area contributed by atoms with Crippen molar-refractivity contribution >= 4 is 22.5 Å². The molecule has 2 N–H and O–H groups in total. The highest BCUT2D eigenvalue weighted by molar-refractivity contribution is 5.88. The maximum Gasteiger partial charge on any atom is 0.165 e. The summed E-state index contributed by atoms with van der Waals surface area (Å²) in [6.07, 6.45) is 9.18. The van der Waals surface area contributed by atoms with E-state index < -0.39 is 0 Å². The number of nitrogens with two attached hydrogens (primary N) is 1. The van der Waals surface area contributed by atoms with Gasteiger partial charge in [-0.25, -0.2) is 15.0 Å². The highest BCUT2D eigenvalue weighted by Gasteiger charge is 2.19. The molecule has 0 bridgehead atoms. The predicted octanol–water partition coefficient (Wildman–Crippen LogP) is 4.46. The first-order chi connectivity index (χ1) is 13.1. The van der Waals surface area contributed by atoms with E-state index in [1.54, 1.807) is 0 Å². The highest BCUT2D eigenvalue weighted by Crippen LogP contribution is 2.33. The van der Waals surface area contributed by atoms with Gasteiger partial charge in [0.25, 0.3) is 0 Å². The lowest BCUT2D eigenvalue weighted by atomic mass is 9.84. The molecule has 5 nitrogen and oxygen atoms in total. The van der Waals surface area contributed by atoms with Crippen LogP contribution >= 0.6 is 0 Å². The fourth-order valence-electron chi connectivity index (χ4n) is 4.07. The van der Waals surface area contributed by atoms with Gasteiger partial charge in [-0.2, -0.15) is 0 Å². The minimum Gasteiger partial charge on any atom is -0.383 e. The molecule has 140 valence electrons. The molecule has 1 aromatic carbocycles. The molecule has 2 aromatic heterocycles. The van der Waals surface area contributed by atoms with E-state index in [9.17, 15) is 0 Å². The SMILES string of the molecule is CN(C)c1ccc(-c2nc3ncnc(N)c3cc2CC2CCCCC2)cc1. The molecular formula is C22H27N5. The number of nitrogens with zero attached hydrogens (tertiary/aromatic N) is 4. The van der Waals surface area contributed by atoms with Crippen LogP contribution in [0.15, 0.2) is 36.7 Å². The van der Waals surface area contributed by atoms with E-state index in [-0.39, 0.29) is 0 Å². The average Bonchev–Trinajstić information content (AvgIpc) is 2.69. The number of hydrogen-bond acceptors (Lipinski definition) is 5. The predicted molar refractivity (Wildman–Crippen MR) is 112 cm³/mol. The summed E-state index contributed by atoms with van der Waals surface area (Å²) in [5.74, 6) is 1.23. The number of benzene rings is 1. The molecule has 0 saturated heterocycles. The second-order valence-electron chi connectivity index (χ2n) is 7.78. The summed E-state index contributed by atoms with van der Waals surface area (Å²) in [5, 5.41) is 0.858. The summed E-state index contributed by atoms with van der Waals surface area (Å²) in [4.78, 5) is 15.5. The van der Waals surface area contributed by atoms with Crippen molar-refractivity contribution in [1.29, 1.82) is 0 Å². The van der Waals surface area contributed by atoms with E-state index in [4.69, 9.17) is 10.7 Å². The van der Waals surface area contributed by atoms with Crippen molar-refractivity contribution in [2.75, 3.05) is 24.7 Å². The first kappa shape index (κ1) is 17.7. The Balaban J connectivity index is 1.79. The van der Waals surface area contributed by atoms with Crippen molar-refractivity contribution < 1.29 is 0 Å². The van der Waals surface area contributed by atoms with Gasteiger partial charge in [0, 0.05) is 25.3 Å². The summed E-state index contributed by atoms with van der Waals surface area (Å²) in [5.41, 5.74) is 11.4. The summed E-state index contributed by atoms with van der Waals surface area (Å²) >= 11 is 0. The maximum atomic E-state index is 6.10. The Morgan fingerprint density at radius 3 is 2.48 bits per heavy atom. The molecule has 27 heavy (non-hydrogen) atoms. The molecule has 0 amide bonds. The third-order valence-electron chi connectivity index (χ3n) is 5.62. The molecular weight excluding hydrogens is 334 g/mol. The van der Waals surface area contributed by atoms with Crippen molar-refractivity contribution in [1.82, 2.24) is 15.0 Å². The Labute approximate surface area is 160 Å². The molecule has 1 aliphatic rings. The topological polar surface area (TPSA) is 67.9 Å². The third kappa shape index (κ3) is 3.72. The van der Waals surface area contributed by atoms with Crippen molar-refractivity contribution in [3.63, 3.8) is 0 Å². The van der Waals surface area contributed by atoms with Crippen LogP contribution in [0.1, 0.15) is 37.7 Å². The third-order valence-corrected chi connectivity index (χ3v) is 5.62. The molecule has 2 heterocycles. The number of fused-ring (bicyclic) bond motifs is 1. The summed E-state index contributed by atoms with van der Waals surface area (Å²) in [6, 6.07) is 10.7. The first-order valence-electron chi connectivity index (χ1n) is 9.79. The van der Waals surface area contributed by atoms with Crippen LogP contribution < -0.4 is 10.6 Å². The smallest absolute Gasteiger partial charge is 0.165 e. The molecule has 4 rings (SSSR count). The van der Waals surface area contributed by atoms with Gasteiger partial charge in [0.2, 0.25) is 0 Å². The van der Waals surface area contributed by atoms with Crippen LogP contribution in [0.25, 0.3) is 22.3 Å². The van der Waals surface area contributed by atoms with Crippen molar-refractivity contribution in [3.8, 4) is 11.3 Å². The molecule has 3 aromatic rings. The largest absolute Gasteiger partial charge is 0.383 e. The van der Waals surface area contributed by atoms with E-state index in [0.29, 0.717) is 11.5 Å². The van der Waals surface area contributed by atoms with Gasteiger partial charge in [-0.1, -0.05) is 44.2 Å². The zero-order chi connectivity index (χ0) is 18.8. The van der Waals surface area contributed by atoms with Crippen LogP contribution in [-0.2, 0) is 6.42 Å². The minimum absolute atomic E-state index is 0.506. The summed E-state index contributed by atoms with van der Waals surface area (Å²) < 4.78 is 0. The Hall–Kier alpha value is -2.69. The van der Waals surface area contributed by atoms with Gasteiger partial charge >= 0.3 is 0 Å². The number of hydrogen-bond donors (Lipinski definition) is 1. The van der Waals surface area contributed by atoms with Crippen molar-refractivity contribution in [2.24, 2.45) is 5.92 Å². The second-order valence-corrected chi connectivity index (χ2v) is 7.78. The van der Waals surface area contributed by atoms with Gasteiger partial charge in [-0.3, -0.25) is 0 Å². The fourth-order valence-corrected chi connectivity index (χ4v) is 4.07. The van der Waals surface area contributed by atoms with Crippen LogP contribution in [0.4, 0.5) is 11.5 Å². The van der Waals surface area contributed by atoms with Gasteiger partial charge < -0.3 is 10.6 Å². The van der Waals surface area contributed by atoms with E-state index in [1.807, 2.05) is 0 Å². The van der Waals surface area contributed by atoms with Gasteiger partial charge in [0.15, 0.2) is 5.65 Å². The lowest BCUT2D eigenvalue weighted by molar-refractivity contribution is 0.357. The highest BCUT2D eigenvalue weighted by atomic mass is 15.1. The molecule has 1 aliphatic carbocycles. The van der Waals surface area contributed by atoms with Crippen molar-refractivity contribution in [2.45, 2.75) is 38.5 Å². The van der Waals surface area contributed by atoms with E-state index in [0.717, 1.165) is 29.0 Å². The number of nitrogen functional groups attached to an aromatic ring is 1. The molecule has 0 unspecified atom stereocenters. The summed E-state index contributed by atoms with van der Waals surface area (Å²) in [7, 11) is 4.11. The van der Waals surface area contributed by atoms with Gasteiger partial charge in [0.1, 0.15) is 12.1 Å². The Bertz CT molecular complexity index is 927. The normalized spacial score (nSPS) is 15.2. The van der Waals surface area contributed by atoms with Gasteiger partial charge in [0.05, 0.1) is 11.1 Å². The van der Waals surface area contributed by atoms with Crippen LogP contribution in [0.2, 0.25) is 0 Å². The van der Waals surface area contributed by atoms with Crippen LogP contribution in [0.3, 0.4) is 0 Å². The molecule has 0 atom stereocenters. The Morgan fingerprint density at radius 2 is 1.78 bits per heavy atom. The standard InChI is InChI=1S/C22H27N5/c1-27(2)18-10-8-16(9-11-18)20-17(12-15-6-4-3-5-7-15)13-19-21(23)24-14-25-22(19)26-20/h8-11,13-15H,3-7,12H2,1-2H3,(H2,23,24,25,26). The Morgan fingerprint density at radius 1 is 1.04 bits per heavy atom. The molecule has 0 radical (unpaired) electrons. The zero-order valence-electron chi connectivity index (χ0n) is 16.2. The Kier molecular flexibility index (Phi) is 4.92. The number of anilines is 2. The fraction of sp³-hybridized carbons (Fsp3) is 0.409. The maximum absolute atomic E-state index is 6.10. The zero-order valence-corrected chi connectivity index (χ0v) is 16.2. The van der Waals surface area contributed by atoms with Gasteiger partial charge in [-0.15, -0.1) is 0 Å². The molecule has 1 saturated carbocycles. The quantitative estimate of drug-likeness (QED) is 0.743. The molecule has 0 spiro atoms. The lowest BCUT2D eigenvalue weighted by Crippen LogP contribution is -2.11. The monoisotopic (exact) mass is 361 g/mol. The lowest BCUT2D eigenvalue weighted by Gasteiger charge is -2.23. The molecule has 1 fully saturated rings. The number of rotatable bonds is 4. The van der Waals surface area contributed by atoms with E-state index in [2.05, 4.69) is 59.3 Å². The average molecular weight is 361 g/mol. The van der Waals surface area contributed by atoms with Crippen LogP contribution in [0.5, 0.6) is 0 Å². The number of pyridine rings is 1. The molecule has 5 heteroatoms. The van der Waals surface area contributed by atoms with Gasteiger partial charge in [-0.05, 0) is 36.1 Å². The van der Waals surface area contributed by atoms with Crippen LogP contribution in [-0.4, -0.2) is 29.0 Å². The van der Waals surface area contributed by atoms with E-state index in [1.165, 1.54) is 49.7 Å². The van der Waals surface area contributed by atoms with Crippen LogP contribution in [0, 0.1) is 5.92 Å². The second kappa shape index (κ2) is 7.51. The van der Waals surface area contributed by atoms with Crippen molar-refractivity contribution in [3.05, 3.63) is 42.2 Å². The number of aromatic nitrogens is 3. The molecule has 0 aliphatic heterocycles.